The zero-order chi connectivity index (χ0) is 15.3. The highest BCUT2D eigenvalue weighted by molar-refractivity contribution is 7.90. The van der Waals surface area contributed by atoms with Crippen LogP contribution in [0, 0.1) is 10.1 Å². The number of rotatable bonds is 7. The van der Waals surface area contributed by atoms with Gasteiger partial charge in [0.2, 0.25) is 0 Å². The molecule has 0 radical (unpaired) electrons. The van der Waals surface area contributed by atoms with E-state index in [0.29, 0.717) is 12.2 Å². The van der Waals surface area contributed by atoms with Crippen molar-refractivity contribution >= 4 is 21.2 Å². The van der Waals surface area contributed by atoms with Crippen LogP contribution in [-0.4, -0.2) is 46.8 Å². The third kappa shape index (κ3) is 4.17. The normalized spacial score (nSPS) is 11.3. The molecule has 0 bridgehead atoms. The molecule has 8 heteroatoms. The Morgan fingerprint density at radius 3 is 2.55 bits per heavy atom. The maximum absolute atomic E-state index is 11.5. The summed E-state index contributed by atoms with van der Waals surface area (Å²) >= 11 is 0. The molecule has 0 aliphatic rings. The molecule has 1 aromatic rings. The van der Waals surface area contributed by atoms with E-state index >= 15 is 0 Å². The van der Waals surface area contributed by atoms with Gasteiger partial charge in [-0.15, -0.1) is 0 Å². The largest absolute Gasteiger partial charge is 0.369 e. The van der Waals surface area contributed by atoms with Crippen LogP contribution in [-0.2, 0) is 9.84 Å². The minimum absolute atomic E-state index is 0.0448. The van der Waals surface area contributed by atoms with E-state index in [2.05, 4.69) is 5.32 Å². The smallest absolute Gasteiger partial charge is 0.293 e. The van der Waals surface area contributed by atoms with Crippen LogP contribution < -0.4 is 10.2 Å². The summed E-state index contributed by atoms with van der Waals surface area (Å²) in [5.74, 6) is 0. The summed E-state index contributed by atoms with van der Waals surface area (Å²) in [4.78, 5) is 12.3. The molecule has 0 aliphatic heterocycles. The Balaban J connectivity index is 3.11. The molecule has 1 rings (SSSR count). The Morgan fingerprint density at radius 2 is 2.05 bits per heavy atom. The standard InChI is InChI=1S/C12H19N3O4S/c1-13-7-4-8-14(2)11-6-5-10(20(3,18)19)9-12(11)15(16)17/h5-6,9,13H,4,7-8H2,1-3H3. The fourth-order valence-corrected chi connectivity index (χ4v) is 2.46. The molecule has 20 heavy (non-hydrogen) atoms. The van der Waals surface area contributed by atoms with Crippen LogP contribution >= 0.6 is 0 Å². The summed E-state index contributed by atoms with van der Waals surface area (Å²) in [5.41, 5.74) is 0.221. The van der Waals surface area contributed by atoms with Crippen LogP contribution in [0.1, 0.15) is 6.42 Å². The first-order valence-electron chi connectivity index (χ1n) is 6.11. The minimum atomic E-state index is -3.46. The van der Waals surface area contributed by atoms with Crippen LogP contribution in [0.5, 0.6) is 0 Å². The zero-order valence-electron chi connectivity index (χ0n) is 11.8. The highest BCUT2D eigenvalue weighted by Crippen LogP contribution is 2.30. The molecule has 0 amide bonds. The van der Waals surface area contributed by atoms with E-state index < -0.39 is 14.8 Å². The third-order valence-electron chi connectivity index (χ3n) is 2.90. The summed E-state index contributed by atoms with van der Waals surface area (Å²) in [6.45, 7) is 1.44. The number of nitro groups is 1. The average Bonchev–Trinajstić information content (AvgIpc) is 2.37. The van der Waals surface area contributed by atoms with Crippen molar-refractivity contribution in [2.75, 3.05) is 38.3 Å². The van der Waals surface area contributed by atoms with E-state index in [1.807, 2.05) is 7.05 Å². The van der Waals surface area contributed by atoms with Gasteiger partial charge < -0.3 is 10.2 Å². The van der Waals surface area contributed by atoms with Gasteiger partial charge in [-0.2, -0.15) is 0 Å². The first kappa shape index (κ1) is 16.4. The third-order valence-corrected chi connectivity index (χ3v) is 4.01. The van der Waals surface area contributed by atoms with E-state index in [1.54, 1.807) is 11.9 Å². The molecule has 0 saturated carbocycles. The Kier molecular flexibility index (Phi) is 5.46. The Labute approximate surface area is 118 Å². The summed E-state index contributed by atoms with van der Waals surface area (Å²) in [6.07, 6.45) is 1.86. The van der Waals surface area contributed by atoms with E-state index in [-0.39, 0.29) is 10.6 Å². The van der Waals surface area contributed by atoms with Crippen molar-refractivity contribution in [3.63, 3.8) is 0 Å². The molecular formula is C12H19N3O4S. The maximum Gasteiger partial charge on any atom is 0.293 e. The first-order valence-corrected chi connectivity index (χ1v) is 8.00. The van der Waals surface area contributed by atoms with Crippen molar-refractivity contribution in [3.8, 4) is 0 Å². The van der Waals surface area contributed by atoms with Crippen LogP contribution in [0.25, 0.3) is 0 Å². The predicted octanol–water partition coefficient (Wildman–Crippen LogP) is 1.04. The molecule has 1 aromatic carbocycles. The number of nitrogens with one attached hydrogen (secondary N) is 1. The second-order valence-corrected chi connectivity index (χ2v) is 6.57. The molecule has 0 saturated heterocycles. The monoisotopic (exact) mass is 301 g/mol. The molecule has 0 fully saturated rings. The van der Waals surface area contributed by atoms with Gasteiger partial charge in [-0.3, -0.25) is 10.1 Å². The van der Waals surface area contributed by atoms with E-state index in [9.17, 15) is 18.5 Å². The molecule has 0 aliphatic carbocycles. The topological polar surface area (TPSA) is 92.6 Å². The number of benzene rings is 1. The minimum Gasteiger partial charge on any atom is -0.369 e. The second kappa shape index (κ2) is 6.67. The van der Waals surface area contributed by atoms with Gasteiger partial charge in [0.1, 0.15) is 5.69 Å². The van der Waals surface area contributed by atoms with Gasteiger partial charge in [0.25, 0.3) is 5.69 Å². The first-order chi connectivity index (χ1) is 9.27. The molecular weight excluding hydrogens is 282 g/mol. The summed E-state index contributed by atoms with van der Waals surface area (Å²) in [6, 6.07) is 3.99. The van der Waals surface area contributed by atoms with E-state index in [4.69, 9.17) is 0 Å². The number of nitro benzene ring substituents is 1. The Hall–Kier alpha value is -1.67. The number of sulfone groups is 1. The van der Waals surface area contributed by atoms with Gasteiger partial charge in [0.15, 0.2) is 9.84 Å². The molecule has 7 nitrogen and oxygen atoms in total. The van der Waals surface area contributed by atoms with Crippen molar-refractivity contribution in [2.45, 2.75) is 11.3 Å². The van der Waals surface area contributed by atoms with E-state index in [0.717, 1.165) is 25.3 Å². The lowest BCUT2D eigenvalue weighted by Crippen LogP contribution is -2.23. The zero-order valence-corrected chi connectivity index (χ0v) is 12.6. The lowest BCUT2D eigenvalue weighted by molar-refractivity contribution is -0.384. The van der Waals surface area contributed by atoms with Crippen molar-refractivity contribution in [2.24, 2.45) is 0 Å². The van der Waals surface area contributed by atoms with Crippen molar-refractivity contribution in [3.05, 3.63) is 28.3 Å². The lowest BCUT2D eigenvalue weighted by atomic mass is 10.2. The van der Waals surface area contributed by atoms with Crippen LogP contribution in [0.2, 0.25) is 0 Å². The number of hydrogen-bond donors (Lipinski definition) is 1. The number of anilines is 1. The second-order valence-electron chi connectivity index (χ2n) is 4.56. The lowest BCUT2D eigenvalue weighted by Gasteiger charge is -2.19. The van der Waals surface area contributed by atoms with Crippen LogP contribution in [0.4, 0.5) is 11.4 Å². The maximum atomic E-state index is 11.5. The SMILES string of the molecule is CNCCCN(C)c1ccc(S(C)(=O)=O)cc1[N+](=O)[O-]. The predicted molar refractivity (Wildman–Crippen MR) is 78.0 cm³/mol. The summed E-state index contributed by atoms with van der Waals surface area (Å²) in [7, 11) is 0.130. The molecule has 0 spiro atoms. The fourth-order valence-electron chi connectivity index (χ4n) is 1.82. The molecule has 0 unspecified atom stereocenters. The fraction of sp³-hybridized carbons (Fsp3) is 0.500. The summed E-state index contributed by atoms with van der Waals surface area (Å²) in [5, 5.41) is 14.1. The van der Waals surface area contributed by atoms with Gasteiger partial charge in [0, 0.05) is 25.9 Å². The van der Waals surface area contributed by atoms with Gasteiger partial charge in [-0.25, -0.2) is 8.42 Å². The summed E-state index contributed by atoms with van der Waals surface area (Å²) < 4.78 is 22.9. The average molecular weight is 301 g/mol. The van der Waals surface area contributed by atoms with Crippen molar-refractivity contribution < 1.29 is 13.3 Å². The molecule has 1 N–H and O–H groups in total. The highest BCUT2D eigenvalue weighted by Gasteiger charge is 2.20. The van der Waals surface area contributed by atoms with Gasteiger partial charge in [0.05, 0.1) is 9.82 Å². The Bertz CT molecular complexity index is 586. The van der Waals surface area contributed by atoms with Gasteiger partial charge in [-0.1, -0.05) is 0 Å². The van der Waals surface area contributed by atoms with Crippen molar-refractivity contribution in [1.29, 1.82) is 0 Å². The van der Waals surface area contributed by atoms with Gasteiger partial charge >= 0.3 is 0 Å². The molecule has 112 valence electrons. The number of hydrogen-bond acceptors (Lipinski definition) is 6. The van der Waals surface area contributed by atoms with Crippen LogP contribution in [0.3, 0.4) is 0 Å². The Morgan fingerprint density at radius 1 is 1.40 bits per heavy atom. The number of nitrogens with zero attached hydrogens (tertiary/aromatic N) is 2. The van der Waals surface area contributed by atoms with E-state index in [1.165, 1.54) is 12.1 Å². The van der Waals surface area contributed by atoms with Gasteiger partial charge in [-0.05, 0) is 32.1 Å². The molecule has 0 heterocycles. The highest BCUT2D eigenvalue weighted by atomic mass is 32.2. The molecule has 0 aromatic heterocycles. The molecule has 0 atom stereocenters. The van der Waals surface area contributed by atoms with Crippen LogP contribution in [0.15, 0.2) is 23.1 Å². The van der Waals surface area contributed by atoms with Crippen molar-refractivity contribution in [1.82, 2.24) is 5.32 Å². The quantitative estimate of drug-likeness (QED) is 0.459.